The monoisotopic (exact) mass is 227 g/mol. The highest BCUT2D eigenvalue weighted by Crippen LogP contribution is 2.29. The minimum absolute atomic E-state index is 0.0161. The molecule has 1 aliphatic heterocycles. The smallest absolute Gasteiger partial charge is 0.442 e. The molecule has 1 atom stereocenters. The molecule has 1 saturated heterocycles. The maximum atomic E-state index is 11.9. The van der Waals surface area contributed by atoms with E-state index in [0.29, 0.717) is 18.1 Å². The van der Waals surface area contributed by atoms with Crippen molar-refractivity contribution >= 4 is 6.09 Å². The third kappa shape index (κ3) is 3.15. The standard InChI is InChI=1S/C12H21NO3/c1-8(2)10-7-9(3)16-13(10)11(14)15-12(4,5)6/h8,10H,3,7H2,1-2,4-6H3/t10-/m1/s1. The van der Waals surface area contributed by atoms with Crippen molar-refractivity contribution in [3.63, 3.8) is 0 Å². The number of nitrogens with zero attached hydrogens (tertiary/aromatic N) is 1. The molecule has 0 bridgehead atoms. The van der Waals surface area contributed by atoms with Gasteiger partial charge in [0.15, 0.2) is 0 Å². The number of hydroxylamine groups is 2. The highest BCUT2D eigenvalue weighted by molar-refractivity contribution is 5.67. The summed E-state index contributed by atoms with van der Waals surface area (Å²) < 4.78 is 5.27. The zero-order valence-electron chi connectivity index (χ0n) is 10.7. The summed E-state index contributed by atoms with van der Waals surface area (Å²) in [5, 5.41) is 1.30. The summed E-state index contributed by atoms with van der Waals surface area (Å²) in [6.45, 7) is 13.3. The average molecular weight is 227 g/mol. The second-order valence-corrected chi connectivity index (χ2v) is 5.45. The van der Waals surface area contributed by atoms with E-state index in [1.165, 1.54) is 5.06 Å². The first-order valence-corrected chi connectivity index (χ1v) is 5.58. The van der Waals surface area contributed by atoms with Gasteiger partial charge in [-0.2, -0.15) is 0 Å². The van der Waals surface area contributed by atoms with Gasteiger partial charge in [-0.25, -0.2) is 4.79 Å². The zero-order valence-corrected chi connectivity index (χ0v) is 10.7. The number of amides is 1. The highest BCUT2D eigenvalue weighted by Gasteiger charge is 2.38. The van der Waals surface area contributed by atoms with Gasteiger partial charge in [-0.05, 0) is 26.7 Å². The lowest BCUT2D eigenvalue weighted by atomic mass is 10.0. The molecule has 0 unspecified atom stereocenters. The van der Waals surface area contributed by atoms with E-state index in [-0.39, 0.29) is 6.04 Å². The Morgan fingerprint density at radius 3 is 2.56 bits per heavy atom. The molecule has 1 fully saturated rings. The summed E-state index contributed by atoms with van der Waals surface area (Å²) in [6.07, 6.45) is 0.238. The van der Waals surface area contributed by atoms with Crippen molar-refractivity contribution in [1.82, 2.24) is 5.06 Å². The van der Waals surface area contributed by atoms with Crippen LogP contribution in [0.4, 0.5) is 4.79 Å². The van der Waals surface area contributed by atoms with Crippen LogP contribution in [0.1, 0.15) is 41.0 Å². The Morgan fingerprint density at radius 1 is 1.56 bits per heavy atom. The Bertz CT molecular complexity index is 291. The van der Waals surface area contributed by atoms with Crippen molar-refractivity contribution in [2.24, 2.45) is 5.92 Å². The van der Waals surface area contributed by atoms with Gasteiger partial charge in [0.2, 0.25) is 0 Å². The largest absolute Gasteiger partial charge is 0.444 e. The van der Waals surface area contributed by atoms with Crippen molar-refractivity contribution in [1.29, 1.82) is 0 Å². The highest BCUT2D eigenvalue weighted by atomic mass is 16.7. The molecule has 92 valence electrons. The molecule has 0 aromatic rings. The summed E-state index contributed by atoms with van der Waals surface area (Å²) in [6, 6.07) is 0.0161. The van der Waals surface area contributed by atoms with E-state index in [4.69, 9.17) is 9.57 Å². The molecule has 0 spiro atoms. The van der Waals surface area contributed by atoms with Crippen LogP contribution in [0.5, 0.6) is 0 Å². The van der Waals surface area contributed by atoms with Crippen LogP contribution >= 0.6 is 0 Å². The Morgan fingerprint density at radius 2 is 2.12 bits per heavy atom. The van der Waals surface area contributed by atoms with Gasteiger partial charge in [0, 0.05) is 6.42 Å². The van der Waals surface area contributed by atoms with Gasteiger partial charge in [0.1, 0.15) is 11.4 Å². The van der Waals surface area contributed by atoms with Gasteiger partial charge in [0.05, 0.1) is 6.04 Å². The van der Waals surface area contributed by atoms with Crippen molar-refractivity contribution in [3.05, 3.63) is 12.3 Å². The van der Waals surface area contributed by atoms with Crippen molar-refractivity contribution in [2.75, 3.05) is 0 Å². The number of rotatable bonds is 1. The summed E-state index contributed by atoms with van der Waals surface area (Å²) in [7, 11) is 0. The summed E-state index contributed by atoms with van der Waals surface area (Å²) >= 11 is 0. The fraction of sp³-hybridized carbons (Fsp3) is 0.750. The van der Waals surface area contributed by atoms with Crippen LogP contribution in [0.3, 0.4) is 0 Å². The Kier molecular flexibility index (Phi) is 3.51. The van der Waals surface area contributed by atoms with Crippen LogP contribution in [-0.4, -0.2) is 22.8 Å². The lowest BCUT2D eigenvalue weighted by Gasteiger charge is -2.27. The lowest BCUT2D eigenvalue weighted by Crippen LogP contribution is -2.41. The second-order valence-electron chi connectivity index (χ2n) is 5.45. The first-order valence-electron chi connectivity index (χ1n) is 5.58. The van der Waals surface area contributed by atoms with Crippen molar-refractivity contribution in [2.45, 2.75) is 52.7 Å². The first kappa shape index (κ1) is 12.9. The van der Waals surface area contributed by atoms with E-state index < -0.39 is 11.7 Å². The maximum Gasteiger partial charge on any atom is 0.444 e. The van der Waals surface area contributed by atoms with Crippen molar-refractivity contribution in [3.8, 4) is 0 Å². The normalized spacial score (nSPS) is 21.2. The summed E-state index contributed by atoms with van der Waals surface area (Å²) in [5.41, 5.74) is -0.508. The molecule has 4 nitrogen and oxygen atoms in total. The van der Waals surface area contributed by atoms with E-state index in [0.717, 1.165) is 0 Å². The van der Waals surface area contributed by atoms with E-state index >= 15 is 0 Å². The predicted molar refractivity (Wildman–Crippen MR) is 61.5 cm³/mol. The Labute approximate surface area is 97.2 Å². The zero-order chi connectivity index (χ0) is 12.5. The Hall–Kier alpha value is -1.19. The average Bonchev–Trinajstić information content (AvgIpc) is 2.44. The lowest BCUT2D eigenvalue weighted by molar-refractivity contribution is -0.111. The quantitative estimate of drug-likeness (QED) is 0.691. The second kappa shape index (κ2) is 4.36. The van der Waals surface area contributed by atoms with Crippen LogP contribution in [0.15, 0.2) is 12.3 Å². The molecule has 0 radical (unpaired) electrons. The molecule has 0 saturated carbocycles. The number of carbonyl (C=O) groups is 1. The van der Waals surface area contributed by atoms with Gasteiger partial charge < -0.3 is 9.57 Å². The van der Waals surface area contributed by atoms with Gasteiger partial charge in [-0.1, -0.05) is 20.4 Å². The maximum absolute atomic E-state index is 11.9. The molecule has 0 aromatic carbocycles. The van der Waals surface area contributed by atoms with Crippen LogP contribution in [0, 0.1) is 5.92 Å². The number of hydrogen-bond acceptors (Lipinski definition) is 3. The fourth-order valence-corrected chi connectivity index (χ4v) is 1.55. The first-order chi connectivity index (χ1) is 7.20. The SMILES string of the molecule is C=C1C[C@H](C(C)C)N(C(=O)OC(C)(C)C)O1. The third-order valence-corrected chi connectivity index (χ3v) is 2.31. The number of carbonyl (C=O) groups excluding carboxylic acids is 1. The van der Waals surface area contributed by atoms with Crippen molar-refractivity contribution < 1.29 is 14.4 Å². The summed E-state index contributed by atoms with van der Waals surface area (Å²) in [5.74, 6) is 0.927. The molecule has 0 N–H and O–H groups in total. The Balaban J connectivity index is 2.71. The number of hydrogen-bond donors (Lipinski definition) is 0. The van der Waals surface area contributed by atoms with Crippen LogP contribution in [0.2, 0.25) is 0 Å². The fourth-order valence-electron chi connectivity index (χ4n) is 1.55. The van der Waals surface area contributed by atoms with Gasteiger partial charge >= 0.3 is 6.09 Å². The molecule has 4 heteroatoms. The minimum Gasteiger partial charge on any atom is -0.442 e. The van der Waals surface area contributed by atoms with Crippen LogP contribution < -0.4 is 0 Å². The molecule has 1 amide bonds. The van der Waals surface area contributed by atoms with Gasteiger partial charge in [-0.15, -0.1) is 5.06 Å². The molecule has 1 rings (SSSR count). The topological polar surface area (TPSA) is 38.8 Å². The van der Waals surface area contributed by atoms with Crippen LogP contribution in [0.25, 0.3) is 0 Å². The van der Waals surface area contributed by atoms with Gasteiger partial charge in [0.25, 0.3) is 0 Å². The minimum atomic E-state index is -0.508. The molecule has 1 heterocycles. The molecule has 16 heavy (non-hydrogen) atoms. The third-order valence-electron chi connectivity index (χ3n) is 2.31. The van der Waals surface area contributed by atoms with E-state index in [9.17, 15) is 4.79 Å². The van der Waals surface area contributed by atoms with E-state index in [1.54, 1.807) is 0 Å². The number of ether oxygens (including phenoxy) is 1. The molecular weight excluding hydrogens is 206 g/mol. The molecule has 0 aromatic heterocycles. The summed E-state index contributed by atoms with van der Waals surface area (Å²) in [4.78, 5) is 17.2. The molecule has 0 aliphatic carbocycles. The predicted octanol–water partition coefficient (Wildman–Crippen LogP) is 3.10. The molecular formula is C12H21NO3. The van der Waals surface area contributed by atoms with Crippen LogP contribution in [-0.2, 0) is 9.57 Å². The van der Waals surface area contributed by atoms with Gasteiger partial charge in [-0.3, -0.25) is 0 Å². The molecule has 1 aliphatic rings. The van der Waals surface area contributed by atoms with E-state index in [1.807, 2.05) is 34.6 Å². The van der Waals surface area contributed by atoms with E-state index in [2.05, 4.69) is 6.58 Å².